The van der Waals surface area contributed by atoms with Crippen molar-refractivity contribution in [1.29, 1.82) is 0 Å². The molecule has 0 aromatic carbocycles. The van der Waals surface area contributed by atoms with Crippen LogP contribution in [-0.2, 0) is 0 Å². The lowest BCUT2D eigenvalue weighted by molar-refractivity contribution is 0.352. The summed E-state index contributed by atoms with van der Waals surface area (Å²) in [5, 5.41) is 0. The fraction of sp³-hybridized carbons (Fsp3) is 0.833. The van der Waals surface area contributed by atoms with E-state index in [1.165, 1.54) is 31.4 Å². The lowest BCUT2D eigenvalue weighted by atomic mass is 10.0. The molecule has 0 aromatic rings. The third kappa shape index (κ3) is 9.62. The summed E-state index contributed by atoms with van der Waals surface area (Å²) in [6, 6.07) is 0. The molecule has 0 amide bonds. The van der Waals surface area contributed by atoms with Gasteiger partial charge in [-0.05, 0) is 59.7 Å². The van der Waals surface area contributed by atoms with Crippen LogP contribution in [0.25, 0.3) is 0 Å². The highest BCUT2D eigenvalue weighted by Crippen LogP contribution is 2.11. The van der Waals surface area contributed by atoms with E-state index in [9.17, 15) is 0 Å². The Labute approximate surface area is 83.8 Å². The van der Waals surface area contributed by atoms with Gasteiger partial charge < -0.3 is 4.90 Å². The molecule has 0 N–H and O–H groups in total. The maximum absolute atomic E-state index is 2.35. The van der Waals surface area contributed by atoms with Crippen molar-refractivity contribution in [2.45, 2.75) is 40.0 Å². The number of allylic oxidation sites excluding steroid dienone is 2. The predicted molar refractivity (Wildman–Crippen MR) is 61.0 cm³/mol. The van der Waals surface area contributed by atoms with Crippen molar-refractivity contribution in [3.8, 4) is 0 Å². The first-order valence-electron chi connectivity index (χ1n) is 5.30. The van der Waals surface area contributed by atoms with Crippen molar-refractivity contribution >= 4 is 0 Å². The first kappa shape index (κ1) is 12.7. The summed E-state index contributed by atoms with van der Waals surface area (Å²) in [4.78, 5) is 2.26. The molecule has 0 bridgehead atoms. The molecule has 0 heterocycles. The molecule has 0 aliphatic rings. The van der Waals surface area contributed by atoms with E-state index in [0.29, 0.717) is 0 Å². The molecule has 0 unspecified atom stereocenters. The third-order valence-electron chi connectivity index (χ3n) is 2.28. The minimum atomic E-state index is 0.859. The van der Waals surface area contributed by atoms with Crippen LogP contribution in [0.1, 0.15) is 40.0 Å². The molecule has 13 heavy (non-hydrogen) atoms. The molecule has 1 atom stereocenters. The maximum atomic E-state index is 2.35. The monoisotopic (exact) mass is 183 g/mol. The second-order valence-electron chi connectivity index (χ2n) is 4.56. The Hall–Kier alpha value is -0.300. The average molecular weight is 183 g/mol. The standard InChI is InChI=1S/C12H25N/c1-11(2)7-6-8-12(3)9-10-13(4)5/h7,12H,6,8-10H2,1-5H3/t12-/m1/s1. The van der Waals surface area contributed by atoms with Gasteiger partial charge in [0.25, 0.3) is 0 Å². The van der Waals surface area contributed by atoms with Gasteiger partial charge in [0.05, 0.1) is 0 Å². The van der Waals surface area contributed by atoms with Crippen LogP contribution in [0.2, 0.25) is 0 Å². The Balaban J connectivity index is 3.40. The van der Waals surface area contributed by atoms with Crippen molar-refractivity contribution in [1.82, 2.24) is 4.90 Å². The van der Waals surface area contributed by atoms with Gasteiger partial charge in [0, 0.05) is 0 Å². The average Bonchev–Trinajstić information content (AvgIpc) is 2.00. The van der Waals surface area contributed by atoms with Crippen LogP contribution in [0, 0.1) is 5.92 Å². The van der Waals surface area contributed by atoms with Gasteiger partial charge in [0.2, 0.25) is 0 Å². The largest absolute Gasteiger partial charge is 0.309 e. The molecular formula is C12H25N. The van der Waals surface area contributed by atoms with E-state index < -0.39 is 0 Å². The zero-order valence-electron chi connectivity index (χ0n) is 9.93. The van der Waals surface area contributed by atoms with Crippen LogP contribution in [0.3, 0.4) is 0 Å². The van der Waals surface area contributed by atoms with Crippen molar-refractivity contribution in [2.75, 3.05) is 20.6 Å². The van der Waals surface area contributed by atoms with Crippen LogP contribution in [0.5, 0.6) is 0 Å². The van der Waals surface area contributed by atoms with E-state index >= 15 is 0 Å². The zero-order chi connectivity index (χ0) is 10.3. The van der Waals surface area contributed by atoms with E-state index in [1.54, 1.807) is 0 Å². The highest BCUT2D eigenvalue weighted by Gasteiger charge is 2.01. The fourth-order valence-electron chi connectivity index (χ4n) is 1.28. The number of nitrogens with zero attached hydrogens (tertiary/aromatic N) is 1. The van der Waals surface area contributed by atoms with E-state index in [1.807, 2.05) is 0 Å². The van der Waals surface area contributed by atoms with Crippen LogP contribution in [-0.4, -0.2) is 25.5 Å². The number of hydrogen-bond donors (Lipinski definition) is 0. The van der Waals surface area contributed by atoms with Gasteiger partial charge in [-0.15, -0.1) is 0 Å². The second kappa shape index (κ2) is 7.14. The zero-order valence-corrected chi connectivity index (χ0v) is 9.93. The summed E-state index contributed by atoms with van der Waals surface area (Å²) in [5.41, 5.74) is 1.44. The molecule has 0 saturated heterocycles. The van der Waals surface area contributed by atoms with Crippen molar-refractivity contribution in [2.24, 2.45) is 5.92 Å². The van der Waals surface area contributed by atoms with E-state index in [4.69, 9.17) is 0 Å². The highest BCUT2D eigenvalue weighted by atomic mass is 15.0. The summed E-state index contributed by atoms with van der Waals surface area (Å²) in [6.45, 7) is 7.91. The summed E-state index contributed by atoms with van der Waals surface area (Å²) < 4.78 is 0. The molecule has 0 rings (SSSR count). The normalized spacial score (nSPS) is 13.1. The quantitative estimate of drug-likeness (QED) is 0.571. The minimum Gasteiger partial charge on any atom is -0.309 e. The highest BCUT2D eigenvalue weighted by molar-refractivity contribution is 4.92. The van der Waals surface area contributed by atoms with E-state index in [0.717, 1.165) is 5.92 Å². The Morgan fingerprint density at radius 3 is 2.31 bits per heavy atom. The van der Waals surface area contributed by atoms with E-state index in [2.05, 4.69) is 45.8 Å². The van der Waals surface area contributed by atoms with Gasteiger partial charge >= 0.3 is 0 Å². The number of rotatable bonds is 6. The maximum Gasteiger partial charge on any atom is -0.00223 e. The van der Waals surface area contributed by atoms with Gasteiger partial charge in [-0.3, -0.25) is 0 Å². The van der Waals surface area contributed by atoms with Gasteiger partial charge in [-0.1, -0.05) is 18.6 Å². The van der Waals surface area contributed by atoms with Crippen LogP contribution >= 0.6 is 0 Å². The van der Waals surface area contributed by atoms with Crippen LogP contribution in [0.15, 0.2) is 11.6 Å². The lowest BCUT2D eigenvalue weighted by Gasteiger charge is -2.14. The first-order valence-corrected chi connectivity index (χ1v) is 5.30. The Kier molecular flexibility index (Phi) is 6.97. The molecule has 0 spiro atoms. The third-order valence-corrected chi connectivity index (χ3v) is 2.28. The topological polar surface area (TPSA) is 3.24 Å². The molecule has 78 valence electrons. The van der Waals surface area contributed by atoms with Gasteiger partial charge in [-0.2, -0.15) is 0 Å². The molecule has 0 radical (unpaired) electrons. The summed E-state index contributed by atoms with van der Waals surface area (Å²) >= 11 is 0. The Morgan fingerprint density at radius 1 is 1.23 bits per heavy atom. The van der Waals surface area contributed by atoms with Crippen molar-refractivity contribution < 1.29 is 0 Å². The fourth-order valence-corrected chi connectivity index (χ4v) is 1.28. The number of hydrogen-bond acceptors (Lipinski definition) is 1. The Morgan fingerprint density at radius 2 is 1.85 bits per heavy atom. The molecule has 0 aliphatic carbocycles. The van der Waals surface area contributed by atoms with Crippen molar-refractivity contribution in [3.63, 3.8) is 0 Å². The molecule has 0 saturated carbocycles. The Bertz CT molecular complexity index is 143. The minimum absolute atomic E-state index is 0.859. The SMILES string of the molecule is CC(C)=CCC[C@@H](C)CCN(C)C. The smallest absolute Gasteiger partial charge is 0.00223 e. The second-order valence-corrected chi connectivity index (χ2v) is 4.56. The van der Waals surface area contributed by atoms with Crippen LogP contribution in [0.4, 0.5) is 0 Å². The van der Waals surface area contributed by atoms with E-state index in [-0.39, 0.29) is 0 Å². The van der Waals surface area contributed by atoms with Crippen LogP contribution < -0.4 is 0 Å². The predicted octanol–water partition coefficient (Wildman–Crippen LogP) is 3.32. The molecule has 1 heteroatoms. The van der Waals surface area contributed by atoms with Gasteiger partial charge in [0.15, 0.2) is 0 Å². The summed E-state index contributed by atoms with van der Waals surface area (Å²) in [5.74, 6) is 0.859. The van der Waals surface area contributed by atoms with Crippen molar-refractivity contribution in [3.05, 3.63) is 11.6 Å². The lowest BCUT2D eigenvalue weighted by Crippen LogP contribution is -2.15. The van der Waals surface area contributed by atoms with Gasteiger partial charge in [-0.25, -0.2) is 0 Å². The molecule has 0 fully saturated rings. The molecule has 0 aliphatic heterocycles. The summed E-state index contributed by atoms with van der Waals surface area (Å²) in [7, 11) is 4.28. The molecular weight excluding hydrogens is 158 g/mol. The summed E-state index contributed by atoms with van der Waals surface area (Å²) in [6.07, 6.45) is 6.24. The first-order chi connectivity index (χ1) is 6.02. The molecule has 0 aromatic heterocycles. The molecule has 1 nitrogen and oxygen atoms in total. The van der Waals surface area contributed by atoms with Gasteiger partial charge in [0.1, 0.15) is 0 Å².